The molecule has 0 saturated heterocycles. The summed E-state index contributed by atoms with van der Waals surface area (Å²) in [6.45, 7) is 0. The lowest BCUT2D eigenvalue weighted by molar-refractivity contribution is 0.969. The zero-order valence-electron chi connectivity index (χ0n) is 19.3. The molecule has 0 unspecified atom stereocenters. The minimum absolute atomic E-state index is 0.896. The minimum atomic E-state index is 0.896. The molecule has 164 valence electrons. The molecular formula is C33H22N2. The van der Waals surface area contributed by atoms with Crippen LogP contribution in [0.15, 0.2) is 85.1 Å². The predicted octanol–water partition coefficient (Wildman–Crippen LogP) is 7.50. The first kappa shape index (κ1) is 18.2. The van der Waals surface area contributed by atoms with E-state index >= 15 is 0 Å². The van der Waals surface area contributed by atoms with E-state index in [-0.39, 0.29) is 0 Å². The fourth-order valence-corrected chi connectivity index (χ4v) is 7.13. The van der Waals surface area contributed by atoms with E-state index in [1.807, 2.05) is 6.20 Å². The standard InChI is InChI=1S/C33H22N2/c1-3-8-25-19(6-1)12-21-14-22-15-23-16-24-13-20-7-2-4-9-30(20)35-31-10-5-11-34-29(31)18-28(33(24)35)32(23)27(22)17-26(21)25/h1-11,14,16-17H,12-13,15,18H2. The van der Waals surface area contributed by atoms with E-state index in [9.17, 15) is 0 Å². The van der Waals surface area contributed by atoms with E-state index < -0.39 is 0 Å². The second-order valence-electron chi connectivity index (χ2n) is 10.4. The van der Waals surface area contributed by atoms with Gasteiger partial charge in [0, 0.05) is 24.7 Å². The van der Waals surface area contributed by atoms with E-state index in [1.165, 1.54) is 84.0 Å². The molecule has 0 spiro atoms. The van der Waals surface area contributed by atoms with Crippen molar-refractivity contribution in [3.63, 3.8) is 0 Å². The molecule has 35 heavy (non-hydrogen) atoms. The molecule has 0 N–H and O–H groups in total. The summed E-state index contributed by atoms with van der Waals surface area (Å²) in [4.78, 5) is 7.37. The maximum atomic E-state index is 4.87. The number of benzene rings is 4. The van der Waals surface area contributed by atoms with Crippen LogP contribution in [0.5, 0.6) is 0 Å². The molecule has 0 amide bonds. The molecule has 0 saturated carbocycles. The monoisotopic (exact) mass is 446 g/mol. The number of aromatic nitrogens is 1. The summed E-state index contributed by atoms with van der Waals surface area (Å²) < 4.78 is 0. The molecule has 2 aliphatic heterocycles. The largest absolute Gasteiger partial charge is 0.308 e. The molecule has 2 nitrogen and oxygen atoms in total. The lowest BCUT2D eigenvalue weighted by atomic mass is 9.83. The van der Waals surface area contributed by atoms with Crippen molar-refractivity contribution in [3.05, 3.63) is 130 Å². The van der Waals surface area contributed by atoms with Gasteiger partial charge in [0.2, 0.25) is 0 Å². The van der Waals surface area contributed by atoms with Gasteiger partial charge in [-0.05, 0) is 98.3 Å². The van der Waals surface area contributed by atoms with Gasteiger partial charge in [-0.1, -0.05) is 54.6 Å². The Hall–Kier alpha value is -4.17. The van der Waals surface area contributed by atoms with Crippen LogP contribution in [0.4, 0.5) is 17.1 Å². The SMILES string of the molecule is c1ccc2c(c1)Cc1cc3c(cc1-2)-c1c(cc2c4c1Cc1ncccc1N4c1ccccc1C2)C3. The summed E-state index contributed by atoms with van der Waals surface area (Å²) in [5, 5.41) is 0. The lowest BCUT2D eigenvalue weighted by Gasteiger charge is -2.40. The second-order valence-corrected chi connectivity index (χ2v) is 10.4. The summed E-state index contributed by atoms with van der Waals surface area (Å²) >= 11 is 0. The highest BCUT2D eigenvalue weighted by Crippen LogP contribution is 2.55. The molecule has 9 rings (SSSR count). The third-order valence-corrected chi connectivity index (χ3v) is 8.52. The van der Waals surface area contributed by atoms with Gasteiger partial charge in [0.25, 0.3) is 0 Å². The van der Waals surface area contributed by atoms with Gasteiger partial charge >= 0.3 is 0 Å². The summed E-state index contributed by atoms with van der Waals surface area (Å²) in [5.74, 6) is 0. The summed E-state index contributed by atoms with van der Waals surface area (Å²) in [6.07, 6.45) is 5.93. The van der Waals surface area contributed by atoms with Gasteiger partial charge in [0.1, 0.15) is 0 Å². The quantitative estimate of drug-likeness (QED) is 0.240. The maximum Gasteiger partial charge on any atom is 0.0688 e. The van der Waals surface area contributed by atoms with Crippen molar-refractivity contribution in [2.24, 2.45) is 0 Å². The average Bonchev–Trinajstić information content (AvgIpc) is 3.44. The Labute approximate surface area is 204 Å². The van der Waals surface area contributed by atoms with Gasteiger partial charge in [-0.25, -0.2) is 0 Å². The highest BCUT2D eigenvalue weighted by molar-refractivity contribution is 5.96. The number of para-hydroxylation sites is 1. The Morgan fingerprint density at radius 1 is 0.543 bits per heavy atom. The number of anilines is 3. The van der Waals surface area contributed by atoms with Gasteiger partial charge in [-0.15, -0.1) is 0 Å². The van der Waals surface area contributed by atoms with Crippen LogP contribution < -0.4 is 4.90 Å². The highest BCUT2D eigenvalue weighted by atomic mass is 15.2. The van der Waals surface area contributed by atoms with E-state index in [1.54, 1.807) is 0 Å². The van der Waals surface area contributed by atoms with Gasteiger partial charge < -0.3 is 4.90 Å². The van der Waals surface area contributed by atoms with Crippen molar-refractivity contribution in [1.82, 2.24) is 4.98 Å². The first-order valence-electron chi connectivity index (χ1n) is 12.6. The third-order valence-electron chi connectivity index (χ3n) is 8.52. The van der Waals surface area contributed by atoms with Crippen molar-refractivity contribution in [2.75, 3.05) is 4.90 Å². The van der Waals surface area contributed by atoms with Crippen molar-refractivity contribution in [3.8, 4) is 22.3 Å². The van der Waals surface area contributed by atoms with Crippen LogP contribution in [0.1, 0.15) is 44.6 Å². The van der Waals surface area contributed by atoms with Crippen LogP contribution in [0.3, 0.4) is 0 Å². The smallest absolute Gasteiger partial charge is 0.0688 e. The molecule has 0 radical (unpaired) electrons. The summed E-state index contributed by atoms with van der Waals surface area (Å²) in [5.41, 5.74) is 21.1. The third kappa shape index (κ3) is 2.27. The molecule has 1 aromatic heterocycles. The fourth-order valence-electron chi connectivity index (χ4n) is 7.13. The molecule has 4 aliphatic rings. The Kier molecular flexibility index (Phi) is 3.27. The summed E-state index contributed by atoms with van der Waals surface area (Å²) in [7, 11) is 0. The van der Waals surface area contributed by atoms with Crippen LogP contribution in [-0.2, 0) is 25.7 Å². The predicted molar refractivity (Wildman–Crippen MR) is 141 cm³/mol. The zero-order chi connectivity index (χ0) is 22.7. The molecular weight excluding hydrogens is 424 g/mol. The molecule has 0 bridgehead atoms. The van der Waals surface area contributed by atoms with Crippen LogP contribution >= 0.6 is 0 Å². The second kappa shape index (κ2) is 6.28. The van der Waals surface area contributed by atoms with Crippen LogP contribution in [0.25, 0.3) is 22.3 Å². The van der Waals surface area contributed by atoms with Crippen molar-refractivity contribution >= 4 is 17.1 Å². The molecule has 0 fully saturated rings. The zero-order valence-corrected chi connectivity index (χ0v) is 19.3. The van der Waals surface area contributed by atoms with Crippen molar-refractivity contribution < 1.29 is 0 Å². The topological polar surface area (TPSA) is 16.1 Å². The van der Waals surface area contributed by atoms with Gasteiger partial charge in [-0.2, -0.15) is 0 Å². The minimum Gasteiger partial charge on any atom is -0.308 e. The molecule has 0 atom stereocenters. The van der Waals surface area contributed by atoms with E-state index in [0.29, 0.717) is 0 Å². The van der Waals surface area contributed by atoms with Gasteiger partial charge in [-0.3, -0.25) is 4.98 Å². The van der Waals surface area contributed by atoms with Crippen molar-refractivity contribution in [1.29, 1.82) is 0 Å². The fraction of sp³-hybridized carbons (Fsp3) is 0.121. The number of hydrogen-bond donors (Lipinski definition) is 0. The lowest BCUT2D eigenvalue weighted by Crippen LogP contribution is -2.25. The number of hydrogen-bond acceptors (Lipinski definition) is 2. The highest BCUT2D eigenvalue weighted by Gasteiger charge is 2.37. The Morgan fingerprint density at radius 3 is 2.26 bits per heavy atom. The van der Waals surface area contributed by atoms with E-state index in [0.717, 1.165) is 25.7 Å². The number of fused-ring (bicyclic) bond motifs is 11. The van der Waals surface area contributed by atoms with Crippen LogP contribution in [0, 0.1) is 0 Å². The van der Waals surface area contributed by atoms with Crippen molar-refractivity contribution in [2.45, 2.75) is 25.7 Å². The first-order chi connectivity index (χ1) is 17.3. The number of pyridine rings is 1. The van der Waals surface area contributed by atoms with E-state index in [2.05, 4.69) is 83.8 Å². The molecule has 5 aromatic rings. The first-order valence-corrected chi connectivity index (χ1v) is 12.6. The number of rotatable bonds is 0. The average molecular weight is 447 g/mol. The Morgan fingerprint density at radius 2 is 1.29 bits per heavy atom. The molecule has 2 aliphatic carbocycles. The maximum absolute atomic E-state index is 4.87. The van der Waals surface area contributed by atoms with Gasteiger partial charge in [0.15, 0.2) is 0 Å². The van der Waals surface area contributed by atoms with Crippen LogP contribution in [-0.4, -0.2) is 4.98 Å². The van der Waals surface area contributed by atoms with Gasteiger partial charge in [0.05, 0.1) is 17.1 Å². The van der Waals surface area contributed by atoms with E-state index in [4.69, 9.17) is 4.98 Å². The normalized spacial score (nSPS) is 14.9. The number of nitrogens with zero attached hydrogens (tertiary/aromatic N) is 2. The van der Waals surface area contributed by atoms with Crippen LogP contribution in [0.2, 0.25) is 0 Å². The Bertz CT molecular complexity index is 1750. The molecule has 2 heteroatoms. The summed E-state index contributed by atoms with van der Waals surface area (Å²) in [6, 6.07) is 29.6. The molecule has 4 aromatic carbocycles. The Balaban J connectivity index is 1.33. The molecule has 3 heterocycles.